The lowest BCUT2D eigenvalue weighted by Gasteiger charge is -2.28. The van der Waals surface area contributed by atoms with Crippen molar-refractivity contribution in [2.45, 2.75) is 0 Å². The van der Waals surface area contributed by atoms with E-state index in [0.717, 1.165) is 0 Å². The summed E-state index contributed by atoms with van der Waals surface area (Å²) in [6.07, 6.45) is 0. The molecule has 2 rings (SSSR count). The van der Waals surface area contributed by atoms with E-state index in [1.807, 2.05) is 6.07 Å². The van der Waals surface area contributed by atoms with Gasteiger partial charge in [-0.15, -0.1) is 10.1 Å². The minimum absolute atomic E-state index is 0.00118. The van der Waals surface area contributed by atoms with Crippen LogP contribution in [0.1, 0.15) is 15.9 Å². The normalized spacial score (nSPS) is 13.2. The first-order valence-electron chi connectivity index (χ1n) is 5.35. The fraction of sp³-hybridized carbons (Fsp3) is 0.273. The number of nitriles is 1. The third-order valence-corrected chi connectivity index (χ3v) is 2.56. The molecule has 1 aromatic rings. The topological polar surface area (TPSA) is 106 Å². The summed E-state index contributed by atoms with van der Waals surface area (Å²) in [5.41, 5.74) is 0.616. The van der Waals surface area contributed by atoms with Crippen LogP contribution in [-0.2, 0) is 4.84 Å². The van der Waals surface area contributed by atoms with E-state index in [2.05, 4.69) is 4.84 Å². The van der Waals surface area contributed by atoms with Crippen molar-refractivity contribution in [3.8, 4) is 11.8 Å². The van der Waals surface area contributed by atoms with Gasteiger partial charge in [-0.3, -0.25) is 4.79 Å². The van der Waals surface area contributed by atoms with Gasteiger partial charge < -0.3 is 14.5 Å². The van der Waals surface area contributed by atoms with Crippen LogP contribution in [0.25, 0.3) is 0 Å². The second kappa shape index (κ2) is 5.22. The number of carbonyl (C=O) groups excluding carboxylic acids is 1. The molecule has 19 heavy (non-hydrogen) atoms. The minimum Gasteiger partial charge on any atom is -0.472 e. The Morgan fingerprint density at radius 1 is 1.58 bits per heavy atom. The van der Waals surface area contributed by atoms with Gasteiger partial charge in [-0.25, -0.2) is 0 Å². The molecule has 0 saturated carbocycles. The first-order valence-corrected chi connectivity index (χ1v) is 5.35. The van der Waals surface area contributed by atoms with E-state index in [9.17, 15) is 14.9 Å². The highest BCUT2D eigenvalue weighted by Crippen LogP contribution is 2.25. The molecule has 1 amide bonds. The van der Waals surface area contributed by atoms with Crippen molar-refractivity contribution < 1.29 is 19.5 Å². The van der Waals surface area contributed by atoms with Crippen LogP contribution in [-0.4, -0.2) is 35.8 Å². The number of hydrogen-bond acceptors (Lipinski definition) is 6. The molecule has 0 radical (unpaired) electrons. The van der Waals surface area contributed by atoms with Crippen LogP contribution < -0.4 is 4.74 Å². The Morgan fingerprint density at radius 2 is 2.37 bits per heavy atom. The Balaban J connectivity index is 2.10. The molecular formula is C11H9N3O5. The van der Waals surface area contributed by atoms with Gasteiger partial charge in [0.05, 0.1) is 17.2 Å². The zero-order valence-corrected chi connectivity index (χ0v) is 9.74. The highest BCUT2D eigenvalue weighted by atomic mass is 16.9. The van der Waals surface area contributed by atoms with Gasteiger partial charge >= 0.3 is 0 Å². The van der Waals surface area contributed by atoms with Crippen LogP contribution in [0.3, 0.4) is 0 Å². The maximum absolute atomic E-state index is 12.1. The van der Waals surface area contributed by atoms with Crippen LogP contribution in [0.5, 0.6) is 5.75 Å². The predicted octanol–water partition coefficient (Wildman–Crippen LogP) is 0.559. The molecule has 0 fully saturated rings. The van der Waals surface area contributed by atoms with Crippen molar-refractivity contribution in [1.82, 2.24) is 4.90 Å². The number of nitrogens with zero attached hydrogens (tertiary/aromatic N) is 3. The molecule has 1 aliphatic heterocycles. The molecule has 1 heterocycles. The lowest BCUT2D eigenvalue weighted by atomic mass is 10.1. The number of benzene rings is 1. The summed E-state index contributed by atoms with van der Waals surface area (Å²) in [6.45, 7) is -0.190. The number of hydrogen-bond donors (Lipinski definition) is 0. The average Bonchev–Trinajstić information content (AvgIpc) is 2.41. The summed E-state index contributed by atoms with van der Waals surface area (Å²) < 4.78 is 5.33. The summed E-state index contributed by atoms with van der Waals surface area (Å²) in [5.74, 6) is 0.0562. The molecular weight excluding hydrogens is 254 g/mol. The standard InChI is InChI=1S/C11H9N3O5/c12-6-8-1-2-10-9(5-8)11(15)13(7-18-10)3-4-19-14(16)17/h1-2,5H,3-4,7H2. The van der Waals surface area contributed by atoms with Crippen molar-refractivity contribution >= 4 is 5.91 Å². The molecule has 0 aromatic heterocycles. The van der Waals surface area contributed by atoms with Crippen molar-refractivity contribution in [3.05, 3.63) is 39.4 Å². The highest BCUT2D eigenvalue weighted by molar-refractivity contribution is 5.98. The Kier molecular flexibility index (Phi) is 3.47. The molecule has 1 aromatic carbocycles. The fourth-order valence-electron chi connectivity index (χ4n) is 1.66. The zero-order valence-electron chi connectivity index (χ0n) is 9.74. The Morgan fingerprint density at radius 3 is 3.05 bits per heavy atom. The first-order chi connectivity index (χ1) is 9.11. The van der Waals surface area contributed by atoms with Gasteiger partial charge in [-0.2, -0.15) is 5.26 Å². The second-order valence-electron chi connectivity index (χ2n) is 3.72. The van der Waals surface area contributed by atoms with Gasteiger partial charge in [0, 0.05) is 6.54 Å². The molecule has 0 atom stereocenters. The number of rotatable bonds is 4. The van der Waals surface area contributed by atoms with Gasteiger partial charge in [0.15, 0.2) is 6.73 Å². The molecule has 0 bridgehead atoms. The third-order valence-electron chi connectivity index (χ3n) is 2.56. The van der Waals surface area contributed by atoms with Gasteiger partial charge in [-0.05, 0) is 18.2 Å². The maximum atomic E-state index is 12.1. The number of carbonyl (C=O) groups is 1. The lowest BCUT2D eigenvalue weighted by molar-refractivity contribution is -0.757. The van der Waals surface area contributed by atoms with E-state index in [-0.39, 0.29) is 31.4 Å². The van der Waals surface area contributed by atoms with Crippen LogP contribution in [0, 0.1) is 21.4 Å². The van der Waals surface area contributed by atoms with E-state index < -0.39 is 5.09 Å². The van der Waals surface area contributed by atoms with E-state index in [1.165, 1.54) is 11.0 Å². The number of fused-ring (bicyclic) bond motifs is 1. The summed E-state index contributed by atoms with van der Waals surface area (Å²) in [7, 11) is 0. The van der Waals surface area contributed by atoms with Gasteiger partial charge in [-0.1, -0.05) is 0 Å². The second-order valence-corrected chi connectivity index (χ2v) is 3.72. The maximum Gasteiger partial charge on any atom is 0.294 e. The van der Waals surface area contributed by atoms with E-state index in [0.29, 0.717) is 11.3 Å². The Labute approximate surface area is 107 Å². The molecule has 1 aliphatic rings. The molecule has 0 spiro atoms. The minimum atomic E-state index is -0.920. The lowest BCUT2D eigenvalue weighted by Crippen LogP contribution is -2.40. The SMILES string of the molecule is N#Cc1ccc2c(c1)C(=O)N(CCO[N+](=O)[O-])CO2. The van der Waals surface area contributed by atoms with Gasteiger partial charge in [0.25, 0.3) is 11.0 Å². The summed E-state index contributed by atoms with van der Waals surface area (Å²) in [5, 5.41) is 17.9. The molecule has 8 nitrogen and oxygen atoms in total. The largest absolute Gasteiger partial charge is 0.472 e. The molecule has 0 saturated heterocycles. The highest BCUT2D eigenvalue weighted by Gasteiger charge is 2.25. The van der Waals surface area contributed by atoms with Crippen molar-refractivity contribution in [1.29, 1.82) is 5.26 Å². The van der Waals surface area contributed by atoms with Crippen LogP contribution >= 0.6 is 0 Å². The van der Waals surface area contributed by atoms with Gasteiger partial charge in [0.1, 0.15) is 12.4 Å². The third kappa shape index (κ3) is 2.71. The average molecular weight is 263 g/mol. The van der Waals surface area contributed by atoms with Crippen LogP contribution in [0.2, 0.25) is 0 Å². The summed E-state index contributed by atoms with van der Waals surface area (Å²) in [4.78, 5) is 27.5. The number of ether oxygens (including phenoxy) is 1. The van der Waals surface area contributed by atoms with Crippen LogP contribution in [0.15, 0.2) is 18.2 Å². The zero-order chi connectivity index (χ0) is 13.8. The smallest absolute Gasteiger partial charge is 0.294 e. The van der Waals surface area contributed by atoms with E-state index in [4.69, 9.17) is 10.00 Å². The Bertz CT molecular complexity index is 566. The predicted molar refractivity (Wildman–Crippen MR) is 60.6 cm³/mol. The van der Waals surface area contributed by atoms with Crippen molar-refractivity contribution in [3.63, 3.8) is 0 Å². The van der Waals surface area contributed by atoms with Crippen LogP contribution in [0.4, 0.5) is 0 Å². The van der Waals surface area contributed by atoms with E-state index >= 15 is 0 Å². The summed E-state index contributed by atoms with van der Waals surface area (Å²) >= 11 is 0. The fourth-order valence-corrected chi connectivity index (χ4v) is 1.66. The quantitative estimate of drug-likeness (QED) is 0.580. The molecule has 0 aliphatic carbocycles. The monoisotopic (exact) mass is 263 g/mol. The molecule has 0 N–H and O–H groups in total. The number of amides is 1. The van der Waals surface area contributed by atoms with E-state index in [1.54, 1.807) is 12.1 Å². The van der Waals surface area contributed by atoms with Crippen molar-refractivity contribution in [2.24, 2.45) is 0 Å². The molecule has 98 valence electrons. The first kappa shape index (κ1) is 12.6. The van der Waals surface area contributed by atoms with Gasteiger partial charge in [0.2, 0.25) is 0 Å². The molecule has 0 unspecified atom stereocenters. The Hall–Kier alpha value is -2.82. The molecule has 8 heteroatoms. The summed E-state index contributed by atoms with van der Waals surface area (Å²) in [6, 6.07) is 6.46. The van der Waals surface area contributed by atoms with Crippen molar-refractivity contribution in [2.75, 3.05) is 19.9 Å².